The molecule has 1 unspecified atom stereocenters. The summed E-state index contributed by atoms with van der Waals surface area (Å²) in [6, 6.07) is 2.27. The highest BCUT2D eigenvalue weighted by molar-refractivity contribution is 7.89. The summed E-state index contributed by atoms with van der Waals surface area (Å²) < 4.78 is 45.2. The van der Waals surface area contributed by atoms with Gasteiger partial charge in [0.2, 0.25) is 10.0 Å². The number of aliphatic hydroxyl groups is 1. The molecule has 0 aliphatic carbocycles. The minimum atomic E-state index is -3.72. The molecule has 1 heterocycles. The van der Waals surface area contributed by atoms with E-state index in [2.05, 4.69) is 0 Å². The second-order valence-corrected chi connectivity index (χ2v) is 6.91. The molecule has 1 aliphatic heterocycles. The van der Waals surface area contributed by atoms with E-state index in [-0.39, 0.29) is 22.1 Å². The van der Waals surface area contributed by atoms with Gasteiger partial charge in [-0.25, -0.2) is 12.8 Å². The monoisotopic (exact) mass is 303 g/mol. The summed E-state index contributed by atoms with van der Waals surface area (Å²) in [5.74, 6) is -0.571. The molecule has 112 valence electrons. The molecule has 5 nitrogen and oxygen atoms in total. The molecule has 0 aromatic heterocycles. The number of rotatable bonds is 4. The fraction of sp³-hybridized carbons (Fsp3) is 0.538. The summed E-state index contributed by atoms with van der Waals surface area (Å²) >= 11 is 0. The van der Waals surface area contributed by atoms with Gasteiger partial charge in [-0.1, -0.05) is 0 Å². The van der Waals surface area contributed by atoms with E-state index in [0.717, 1.165) is 0 Å². The smallest absolute Gasteiger partial charge is 0.243 e. The highest BCUT2D eigenvalue weighted by atomic mass is 32.2. The highest BCUT2D eigenvalue weighted by Crippen LogP contribution is 2.24. The third-order valence-corrected chi connectivity index (χ3v) is 5.46. The second-order valence-electron chi connectivity index (χ2n) is 4.91. The van der Waals surface area contributed by atoms with Gasteiger partial charge in [-0.15, -0.1) is 0 Å². The van der Waals surface area contributed by atoms with Crippen molar-refractivity contribution in [3.05, 3.63) is 29.1 Å². The summed E-state index contributed by atoms with van der Waals surface area (Å²) in [5, 5.41) is 9.11. The molecule has 0 saturated carbocycles. The Bertz CT molecular complexity index is 597. The van der Waals surface area contributed by atoms with Crippen molar-refractivity contribution in [2.45, 2.75) is 30.9 Å². The molecule has 1 aromatic rings. The molecule has 1 atom stereocenters. The van der Waals surface area contributed by atoms with E-state index in [4.69, 9.17) is 9.84 Å². The quantitative estimate of drug-likeness (QED) is 0.902. The molecule has 1 aliphatic rings. The van der Waals surface area contributed by atoms with Crippen molar-refractivity contribution in [3.63, 3.8) is 0 Å². The van der Waals surface area contributed by atoms with Crippen LogP contribution in [0.5, 0.6) is 0 Å². The lowest BCUT2D eigenvalue weighted by Crippen LogP contribution is -2.37. The zero-order valence-corrected chi connectivity index (χ0v) is 12.3. The van der Waals surface area contributed by atoms with E-state index in [0.29, 0.717) is 19.6 Å². The fourth-order valence-electron chi connectivity index (χ4n) is 2.24. The van der Waals surface area contributed by atoms with Crippen LogP contribution in [0.4, 0.5) is 4.39 Å². The first kappa shape index (κ1) is 15.4. The van der Waals surface area contributed by atoms with Crippen LogP contribution in [0.15, 0.2) is 17.0 Å². The Morgan fingerprint density at radius 2 is 2.20 bits per heavy atom. The summed E-state index contributed by atoms with van der Waals surface area (Å²) in [5.41, 5.74) is 0.186. The van der Waals surface area contributed by atoms with Gasteiger partial charge in [0, 0.05) is 19.2 Å². The zero-order valence-electron chi connectivity index (χ0n) is 11.5. The highest BCUT2D eigenvalue weighted by Gasteiger charge is 2.31. The van der Waals surface area contributed by atoms with Crippen LogP contribution < -0.4 is 0 Å². The maximum absolute atomic E-state index is 13.7. The van der Waals surface area contributed by atoms with Crippen molar-refractivity contribution < 1.29 is 22.7 Å². The number of halogens is 1. The number of nitrogens with zero attached hydrogens (tertiary/aromatic N) is 1. The third-order valence-electron chi connectivity index (χ3n) is 3.57. The number of sulfonamides is 1. The average Bonchev–Trinajstić information content (AvgIpc) is 2.94. The van der Waals surface area contributed by atoms with Gasteiger partial charge in [0.05, 0.1) is 24.2 Å². The number of likely N-dealkylation sites (N-methyl/N-ethyl adjacent to an activating group) is 1. The molecule has 1 fully saturated rings. The van der Waals surface area contributed by atoms with Crippen molar-refractivity contribution in [1.29, 1.82) is 0 Å². The number of hydrogen-bond donors (Lipinski definition) is 1. The van der Waals surface area contributed by atoms with E-state index < -0.39 is 22.4 Å². The molecule has 1 N–H and O–H groups in total. The molecule has 0 amide bonds. The van der Waals surface area contributed by atoms with Gasteiger partial charge in [0.1, 0.15) is 5.82 Å². The van der Waals surface area contributed by atoms with E-state index in [9.17, 15) is 12.8 Å². The lowest BCUT2D eigenvalue weighted by atomic mass is 10.1. The summed E-state index contributed by atoms with van der Waals surface area (Å²) in [7, 11) is -2.23. The van der Waals surface area contributed by atoms with Crippen LogP contribution >= 0.6 is 0 Å². The van der Waals surface area contributed by atoms with Crippen LogP contribution in [0, 0.1) is 12.7 Å². The number of aliphatic hydroxyl groups excluding tert-OH is 1. The minimum Gasteiger partial charge on any atom is -0.392 e. The van der Waals surface area contributed by atoms with Gasteiger partial charge in [0.25, 0.3) is 0 Å². The average molecular weight is 303 g/mol. The Kier molecular flexibility index (Phi) is 4.43. The second kappa shape index (κ2) is 5.77. The van der Waals surface area contributed by atoms with Crippen LogP contribution in [0.2, 0.25) is 0 Å². The van der Waals surface area contributed by atoms with Crippen LogP contribution in [0.3, 0.4) is 0 Å². The van der Waals surface area contributed by atoms with Gasteiger partial charge in [0.15, 0.2) is 0 Å². The number of hydrogen-bond acceptors (Lipinski definition) is 4. The van der Waals surface area contributed by atoms with Crippen molar-refractivity contribution in [2.75, 3.05) is 20.3 Å². The number of aryl methyl sites for hydroxylation is 1. The van der Waals surface area contributed by atoms with Crippen LogP contribution in [-0.4, -0.2) is 44.1 Å². The molecule has 20 heavy (non-hydrogen) atoms. The molecule has 2 rings (SSSR count). The Morgan fingerprint density at radius 3 is 2.75 bits per heavy atom. The molecule has 1 saturated heterocycles. The van der Waals surface area contributed by atoms with Crippen LogP contribution in [-0.2, 0) is 21.4 Å². The van der Waals surface area contributed by atoms with E-state index in [1.165, 1.54) is 30.4 Å². The molecule has 1 aromatic carbocycles. The standard InChI is InChI=1S/C13H18FNO4S/c1-9-5-12(6-10(7-16)13(9)14)20(17,18)15(2)11-3-4-19-8-11/h5-6,11,16H,3-4,7-8H2,1-2H3. The van der Waals surface area contributed by atoms with Gasteiger partial charge in [-0.2, -0.15) is 4.31 Å². The van der Waals surface area contributed by atoms with Gasteiger partial charge in [-0.05, 0) is 31.0 Å². The molecule has 0 radical (unpaired) electrons. The fourth-order valence-corrected chi connectivity index (χ4v) is 3.75. The maximum atomic E-state index is 13.7. The Hall–Kier alpha value is -1.02. The lowest BCUT2D eigenvalue weighted by Gasteiger charge is -2.23. The SMILES string of the molecule is Cc1cc(S(=O)(=O)N(C)C2CCOC2)cc(CO)c1F. The van der Waals surface area contributed by atoms with Crippen LogP contribution in [0.1, 0.15) is 17.5 Å². The third kappa shape index (κ3) is 2.71. The van der Waals surface area contributed by atoms with E-state index in [1.807, 2.05) is 0 Å². The largest absolute Gasteiger partial charge is 0.392 e. The molecular weight excluding hydrogens is 285 g/mol. The first-order chi connectivity index (χ1) is 9.37. The van der Waals surface area contributed by atoms with Crippen molar-refractivity contribution in [3.8, 4) is 0 Å². The van der Waals surface area contributed by atoms with Crippen molar-refractivity contribution >= 4 is 10.0 Å². The van der Waals surface area contributed by atoms with Gasteiger partial charge >= 0.3 is 0 Å². The van der Waals surface area contributed by atoms with Crippen molar-refractivity contribution in [2.24, 2.45) is 0 Å². The minimum absolute atomic E-state index is 0.00477. The predicted molar refractivity (Wildman–Crippen MR) is 71.2 cm³/mol. The summed E-state index contributed by atoms with van der Waals surface area (Å²) in [4.78, 5) is -0.00477. The predicted octanol–water partition coefficient (Wildman–Crippen LogP) is 1.04. The zero-order chi connectivity index (χ0) is 14.9. The lowest BCUT2D eigenvalue weighted by molar-refractivity contribution is 0.181. The van der Waals surface area contributed by atoms with Crippen LogP contribution in [0.25, 0.3) is 0 Å². The molecule has 0 bridgehead atoms. The Labute approximate surface area is 118 Å². The maximum Gasteiger partial charge on any atom is 0.243 e. The Balaban J connectivity index is 2.41. The molecule has 7 heteroatoms. The Morgan fingerprint density at radius 1 is 1.50 bits per heavy atom. The van der Waals surface area contributed by atoms with Gasteiger partial charge < -0.3 is 9.84 Å². The summed E-state index contributed by atoms with van der Waals surface area (Å²) in [6.07, 6.45) is 0.642. The first-order valence-electron chi connectivity index (χ1n) is 6.33. The molecular formula is C13H18FNO4S. The van der Waals surface area contributed by atoms with E-state index >= 15 is 0 Å². The van der Waals surface area contributed by atoms with E-state index in [1.54, 1.807) is 0 Å². The normalized spacial score (nSPS) is 19.8. The molecule has 0 spiro atoms. The summed E-state index contributed by atoms with van der Waals surface area (Å²) in [6.45, 7) is 1.84. The topological polar surface area (TPSA) is 66.8 Å². The van der Waals surface area contributed by atoms with Gasteiger partial charge in [-0.3, -0.25) is 0 Å². The number of benzene rings is 1. The van der Waals surface area contributed by atoms with Crippen molar-refractivity contribution in [1.82, 2.24) is 4.31 Å². The first-order valence-corrected chi connectivity index (χ1v) is 7.77. The number of ether oxygens (including phenoxy) is 1.